The fourth-order valence-corrected chi connectivity index (χ4v) is 3.16. The van der Waals surface area contributed by atoms with Crippen LogP contribution in [-0.2, 0) is 0 Å². The van der Waals surface area contributed by atoms with Crippen LogP contribution < -0.4 is 5.73 Å². The fourth-order valence-electron chi connectivity index (χ4n) is 2.17. The predicted molar refractivity (Wildman–Crippen MR) is 66.9 cm³/mol. The topological polar surface area (TPSA) is 46.3 Å². The average Bonchev–Trinajstić information content (AvgIpc) is 2.85. The second-order valence-corrected chi connectivity index (χ2v) is 5.64. The van der Waals surface area contributed by atoms with Crippen LogP contribution >= 0.6 is 11.3 Å². The molecule has 1 amide bonds. The molecule has 1 aromatic rings. The molecule has 1 unspecified atom stereocenters. The maximum Gasteiger partial charge on any atom is 0.264 e. The van der Waals surface area contributed by atoms with Gasteiger partial charge < -0.3 is 10.6 Å². The van der Waals surface area contributed by atoms with Crippen LogP contribution in [0.15, 0.2) is 6.07 Å². The third kappa shape index (κ3) is 1.99. The minimum absolute atomic E-state index is 0.161. The van der Waals surface area contributed by atoms with Crippen molar-refractivity contribution < 1.29 is 4.79 Å². The highest BCUT2D eigenvalue weighted by atomic mass is 32.1. The lowest BCUT2D eigenvalue weighted by molar-refractivity contribution is 0.0746. The summed E-state index contributed by atoms with van der Waals surface area (Å²) in [7, 11) is 0. The molecule has 3 nitrogen and oxygen atoms in total. The summed E-state index contributed by atoms with van der Waals surface area (Å²) in [5.74, 6) is 0.161. The van der Waals surface area contributed by atoms with Gasteiger partial charge in [-0.15, -0.1) is 11.3 Å². The van der Waals surface area contributed by atoms with E-state index in [4.69, 9.17) is 5.73 Å². The zero-order valence-electron chi connectivity index (χ0n) is 9.82. The van der Waals surface area contributed by atoms with Crippen molar-refractivity contribution in [2.75, 3.05) is 13.1 Å². The molecule has 1 aromatic heterocycles. The predicted octanol–water partition coefficient (Wildman–Crippen LogP) is 1.93. The van der Waals surface area contributed by atoms with Gasteiger partial charge in [-0.1, -0.05) is 0 Å². The maximum absolute atomic E-state index is 12.3. The normalized spacial score (nSPS) is 20.4. The van der Waals surface area contributed by atoms with Crippen LogP contribution in [0.3, 0.4) is 0 Å². The Balaban J connectivity index is 2.18. The molecule has 0 bridgehead atoms. The van der Waals surface area contributed by atoms with E-state index in [-0.39, 0.29) is 11.9 Å². The van der Waals surface area contributed by atoms with Crippen LogP contribution in [0.25, 0.3) is 0 Å². The number of aryl methyl sites for hydroxylation is 2. The van der Waals surface area contributed by atoms with E-state index in [2.05, 4.69) is 6.92 Å². The maximum atomic E-state index is 12.3. The molecular weight excluding hydrogens is 220 g/mol. The van der Waals surface area contributed by atoms with E-state index in [0.29, 0.717) is 6.54 Å². The van der Waals surface area contributed by atoms with Gasteiger partial charge in [-0.2, -0.15) is 0 Å². The molecule has 16 heavy (non-hydrogen) atoms. The molecule has 1 aliphatic heterocycles. The van der Waals surface area contributed by atoms with Crippen LogP contribution in [0, 0.1) is 13.8 Å². The Hall–Kier alpha value is -0.870. The van der Waals surface area contributed by atoms with Gasteiger partial charge in [0.05, 0.1) is 4.88 Å². The minimum atomic E-state index is 0.161. The molecule has 2 rings (SSSR count). The molecular formula is C12H18N2OS. The molecule has 0 aliphatic carbocycles. The molecule has 1 atom stereocenters. The standard InChI is InChI=1S/C12H18N2OS/c1-8-6-11(16-9(8)2)12(15)14-5-3-4-10(14)7-13/h6,10H,3-5,7,13H2,1-2H3. The van der Waals surface area contributed by atoms with Gasteiger partial charge >= 0.3 is 0 Å². The molecule has 88 valence electrons. The summed E-state index contributed by atoms with van der Waals surface area (Å²) in [6, 6.07) is 2.24. The zero-order chi connectivity index (χ0) is 11.7. The molecule has 4 heteroatoms. The number of hydrogen-bond acceptors (Lipinski definition) is 3. The van der Waals surface area contributed by atoms with Crippen molar-refractivity contribution in [1.29, 1.82) is 0 Å². The molecule has 1 aliphatic rings. The van der Waals surface area contributed by atoms with Gasteiger partial charge in [0.2, 0.25) is 0 Å². The van der Waals surface area contributed by atoms with Crippen LogP contribution in [0.5, 0.6) is 0 Å². The van der Waals surface area contributed by atoms with E-state index in [0.717, 1.165) is 24.3 Å². The molecule has 0 aromatic carbocycles. The van der Waals surface area contributed by atoms with E-state index < -0.39 is 0 Å². The van der Waals surface area contributed by atoms with E-state index in [9.17, 15) is 4.79 Å². The summed E-state index contributed by atoms with van der Waals surface area (Å²) in [6.07, 6.45) is 2.13. The number of nitrogens with zero attached hydrogens (tertiary/aromatic N) is 1. The summed E-state index contributed by atoms with van der Waals surface area (Å²) in [6.45, 7) is 5.54. The molecule has 0 spiro atoms. The lowest BCUT2D eigenvalue weighted by atomic mass is 10.2. The number of amides is 1. The van der Waals surface area contributed by atoms with Gasteiger partial charge in [-0.05, 0) is 38.3 Å². The Morgan fingerprint density at radius 2 is 2.38 bits per heavy atom. The monoisotopic (exact) mass is 238 g/mol. The molecule has 1 saturated heterocycles. The molecule has 1 fully saturated rings. The minimum Gasteiger partial charge on any atom is -0.334 e. The zero-order valence-corrected chi connectivity index (χ0v) is 10.6. The Bertz CT molecular complexity index is 380. The van der Waals surface area contributed by atoms with Crippen molar-refractivity contribution >= 4 is 17.2 Å². The van der Waals surface area contributed by atoms with Gasteiger partial charge in [0.15, 0.2) is 0 Å². The number of likely N-dealkylation sites (tertiary alicyclic amines) is 1. The van der Waals surface area contributed by atoms with Crippen molar-refractivity contribution in [3.05, 3.63) is 21.4 Å². The second-order valence-electron chi connectivity index (χ2n) is 4.38. The number of rotatable bonds is 2. The van der Waals surface area contributed by atoms with Crippen molar-refractivity contribution in [2.24, 2.45) is 5.73 Å². The largest absolute Gasteiger partial charge is 0.334 e. The van der Waals surface area contributed by atoms with E-state index in [1.807, 2.05) is 17.9 Å². The van der Waals surface area contributed by atoms with Gasteiger partial charge in [0, 0.05) is 24.0 Å². The van der Waals surface area contributed by atoms with Gasteiger partial charge in [-0.3, -0.25) is 4.79 Å². The van der Waals surface area contributed by atoms with Crippen LogP contribution in [0.4, 0.5) is 0 Å². The highest BCUT2D eigenvalue weighted by Gasteiger charge is 2.29. The molecule has 2 heterocycles. The third-order valence-electron chi connectivity index (χ3n) is 3.29. The smallest absolute Gasteiger partial charge is 0.264 e. The van der Waals surface area contributed by atoms with E-state index in [1.165, 1.54) is 10.4 Å². The summed E-state index contributed by atoms with van der Waals surface area (Å²) < 4.78 is 0. The third-order valence-corrected chi connectivity index (χ3v) is 4.43. The number of thiophene rings is 1. The van der Waals surface area contributed by atoms with Crippen LogP contribution in [0.1, 0.15) is 33.0 Å². The number of carbonyl (C=O) groups is 1. The number of hydrogen-bond donors (Lipinski definition) is 1. The van der Waals surface area contributed by atoms with Crippen molar-refractivity contribution in [3.8, 4) is 0 Å². The van der Waals surface area contributed by atoms with Crippen molar-refractivity contribution in [2.45, 2.75) is 32.7 Å². The van der Waals surface area contributed by atoms with Crippen LogP contribution in [-0.4, -0.2) is 29.9 Å². The fraction of sp³-hybridized carbons (Fsp3) is 0.583. The van der Waals surface area contributed by atoms with Crippen molar-refractivity contribution in [3.63, 3.8) is 0 Å². The first-order valence-corrected chi connectivity index (χ1v) is 6.53. The Morgan fingerprint density at radius 1 is 1.62 bits per heavy atom. The first kappa shape index (κ1) is 11.6. The van der Waals surface area contributed by atoms with Gasteiger partial charge in [0.1, 0.15) is 0 Å². The van der Waals surface area contributed by atoms with Crippen molar-refractivity contribution in [1.82, 2.24) is 4.90 Å². The Labute approximate surface area is 100 Å². The molecule has 2 N–H and O–H groups in total. The van der Waals surface area contributed by atoms with Gasteiger partial charge in [0.25, 0.3) is 5.91 Å². The first-order chi connectivity index (χ1) is 7.63. The summed E-state index contributed by atoms with van der Waals surface area (Å²) in [5, 5.41) is 0. The second kappa shape index (κ2) is 4.55. The lowest BCUT2D eigenvalue weighted by Crippen LogP contribution is -2.39. The molecule has 0 saturated carbocycles. The van der Waals surface area contributed by atoms with E-state index in [1.54, 1.807) is 11.3 Å². The number of nitrogens with two attached hydrogens (primary N) is 1. The lowest BCUT2D eigenvalue weighted by Gasteiger charge is -2.22. The number of carbonyl (C=O) groups excluding carboxylic acids is 1. The van der Waals surface area contributed by atoms with Gasteiger partial charge in [-0.25, -0.2) is 0 Å². The van der Waals surface area contributed by atoms with E-state index >= 15 is 0 Å². The Kier molecular flexibility index (Phi) is 3.30. The summed E-state index contributed by atoms with van der Waals surface area (Å²) in [5.41, 5.74) is 6.89. The molecule has 0 radical (unpaired) electrons. The average molecular weight is 238 g/mol. The highest BCUT2D eigenvalue weighted by molar-refractivity contribution is 7.14. The summed E-state index contributed by atoms with van der Waals surface area (Å²) in [4.78, 5) is 16.3. The summed E-state index contributed by atoms with van der Waals surface area (Å²) >= 11 is 1.59. The Morgan fingerprint density at radius 3 is 2.94 bits per heavy atom. The quantitative estimate of drug-likeness (QED) is 0.855. The van der Waals surface area contributed by atoms with Crippen LogP contribution in [0.2, 0.25) is 0 Å². The first-order valence-electron chi connectivity index (χ1n) is 5.71. The SMILES string of the molecule is Cc1cc(C(=O)N2CCCC2CN)sc1C. The highest BCUT2D eigenvalue weighted by Crippen LogP contribution is 2.25.